The van der Waals surface area contributed by atoms with Gasteiger partial charge in [0.25, 0.3) is 0 Å². The number of nitrogens with zero attached hydrogens (tertiary/aromatic N) is 2. The molecule has 4 aliphatic rings. The Hall–Kier alpha value is -2.60. The van der Waals surface area contributed by atoms with Crippen molar-refractivity contribution in [1.29, 1.82) is 5.53 Å². The van der Waals surface area contributed by atoms with Gasteiger partial charge in [0, 0.05) is 22.0 Å². The van der Waals surface area contributed by atoms with Crippen LogP contribution in [0.3, 0.4) is 0 Å². The summed E-state index contributed by atoms with van der Waals surface area (Å²) in [6.07, 6.45) is 3.70. The molecule has 4 atom stereocenters. The molecule has 0 saturated heterocycles. The first-order valence-corrected chi connectivity index (χ1v) is 11.3. The van der Waals surface area contributed by atoms with Gasteiger partial charge in [-0.15, -0.1) is 0 Å². The fourth-order valence-electron chi connectivity index (χ4n) is 6.55. The Morgan fingerprint density at radius 2 is 1.91 bits per heavy atom. The SMILES string of the molecule is CC(C)(O)OCC1(C2CC23c2ccccc2Oc2ccc(F)cc2[C@@]32CC2N=[N+]=N)CC1. The fourth-order valence-corrected chi connectivity index (χ4v) is 6.55. The number of rotatable bonds is 5. The van der Waals surface area contributed by atoms with E-state index in [2.05, 4.69) is 16.1 Å². The zero-order valence-electron chi connectivity index (χ0n) is 18.3. The van der Waals surface area contributed by atoms with E-state index in [0.29, 0.717) is 24.7 Å². The molecule has 32 heavy (non-hydrogen) atoms. The van der Waals surface area contributed by atoms with E-state index in [-0.39, 0.29) is 22.7 Å². The number of ether oxygens (including phenoxy) is 2. The largest absolute Gasteiger partial charge is 0.457 e. The van der Waals surface area contributed by atoms with E-state index in [0.717, 1.165) is 36.1 Å². The second kappa shape index (κ2) is 6.25. The number of halogens is 1. The summed E-state index contributed by atoms with van der Waals surface area (Å²) in [5.41, 5.74) is 8.55. The Kier molecular flexibility index (Phi) is 3.91. The third kappa shape index (κ3) is 2.62. The van der Waals surface area contributed by atoms with E-state index in [9.17, 15) is 9.50 Å². The van der Waals surface area contributed by atoms with Gasteiger partial charge in [-0.05, 0) is 75.1 Å². The second-order valence-electron chi connectivity index (χ2n) is 10.5. The van der Waals surface area contributed by atoms with Crippen molar-refractivity contribution in [2.45, 2.75) is 62.2 Å². The van der Waals surface area contributed by atoms with Crippen molar-refractivity contribution in [3.05, 3.63) is 59.4 Å². The minimum Gasteiger partial charge on any atom is -0.457 e. The first kappa shape index (κ1) is 20.0. The molecule has 6 nitrogen and oxygen atoms in total. The highest BCUT2D eigenvalue weighted by atomic mass is 19.1. The van der Waals surface area contributed by atoms with E-state index < -0.39 is 11.2 Å². The summed E-state index contributed by atoms with van der Waals surface area (Å²) in [5, 5.41) is 14.4. The van der Waals surface area contributed by atoms with Gasteiger partial charge in [0.05, 0.1) is 6.61 Å². The van der Waals surface area contributed by atoms with Crippen molar-refractivity contribution >= 4 is 0 Å². The second-order valence-corrected chi connectivity index (χ2v) is 10.5. The van der Waals surface area contributed by atoms with Crippen LogP contribution in [0.1, 0.15) is 50.7 Å². The molecule has 3 unspecified atom stereocenters. The standard InChI is InChI=1S/C25H27FN3O3/c1-22(2,30)31-14-23(9-10-23)20-12-24(20)16-5-3-4-6-18(16)32-19-8-7-15(26)11-17(19)25(24)13-21(25)28-29-27/h3-8,11,20-21,27,30H,9-10,12-14H2,1-2H3/q+1/t20?,21?,24?,25-/m1/s1. The molecular weight excluding hydrogens is 409 g/mol. The van der Waals surface area contributed by atoms with Crippen LogP contribution in [0, 0.1) is 22.7 Å². The molecule has 2 aromatic carbocycles. The van der Waals surface area contributed by atoms with Gasteiger partial charge in [-0.2, -0.15) is 0 Å². The maximum Gasteiger partial charge on any atom is 0.214 e. The van der Waals surface area contributed by atoms with E-state index in [4.69, 9.17) is 15.0 Å². The van der Waals surface area contributed by atoms with E-state index in [1.54, 1.807) is 26.0 Å². The number of hydrogen-bond acceptors (Lipinski definition) is 5. The van der Waals surface area contributed by atoms with Crippen LogP contribution in [0.4, 0.5) is 4.39 Å². The van der Waals surface area contributed by atoms with Crippen LogP contribution in [0.2, 0.25) is 0 Å². The van der Waals surface area contributed by atoms with Crippen LogP contribution in [-0.2, 0) is 15.6 Å². The Labute approximate surface area is 186 Å². The van der Waals surface area contributed by atoms with Crippen molar-refractivity contribution in [3.63, 3.8) is 0 Å². The van der Waals surface area contributed by atoms with Gasteiger partial charge in [0.2, 0.25) is 4.91 Å². The summed E-state index contributed by atoms with van der Waals surface area (Å²) in [6, 6.07) is 12.6. The number of fused-ring (bicyclic) bond motifs is 5. The van der Waals surface area contributed by atoms with Crippen molar-refractivity contribution in [3.8, 4) is 11.5 Å². The topological polar surface area (TPSA) is 89.0 Å². The Morgan fingerprint density at radius 1 is 1.16 bits per heavy atom. The lowest BCUT2D eigenvalue weighted by molar-refractivity contribution is -0.187. The van der Waals surface area contributed by atoms with Gasteiger partial charge in [0.15, 0.2) is 5.79 Å². The lowest BCUT2D eigenvalue weighted by Gasteiger charge is -2.31. The number of benzene rings is 2. The number of aliphatic hydroxyl groups is 1. The maximum absolute atomic E-state index is 14.5. The predicted octanol–water partition coefficient (Wildman–Crippen LogP) is 4.97. The van der Waals surface area contributed by atoms with Crippen molar-refractivity contribution in [1.82, 2.24) is 4.91 Å². The van der Waals surface area contributed by atoms with Crippen LogP contribution in [0.5, 0.6) is 11.5 Å². The number of hydrogen-bond donors (Lipinski definition) is 2. The summed E-state index contributed by atoms with van der Waals surface area (Å²) < 4.78 is 26.7. The molecule has 0 amide bonds. The Bertz CT molecular complexity index is 1170. The van der Waals surface area contributed by atoms with Gasteiger partial charge >= 0.3 is 0 Å². The molecule has 0 bridgehead atoms. The Morgan fingerprint density at radius 3 is 2.62 bits per heavy atom. The number of nitrogens with one attached hydrogen (secondary N) is 1. The molecule has 6 rings (SSSR count). The van der Waals surface area contributed by atoms with Crippen molar-refractivity contribution in [2.75, 3.05) is 6.61 Å². The van der Waals surface area contributed by atoms with E-state index in [1.807, 2.05) is 18.2 Å². The van der Waals surface area contributed by atoms with Gasteiger partial charge in [-0.1, -0.05) is 18.2 Å². The summed E-state index contributed by atoms with van der Waals surface area (Å²) in [4.78, 5) is 3.38. The summed E-state index contributed by atoms with van der Waals surface area (Å²) in [5.74, 6) is 0.262. The molecule has 0 radical (unpaired) electrons. The first-order valence-electron chi connectivity index (χ1n) is 11.3. The lowest BCUT2D eigenvalue weighted by atomic mass is 9.71. The molecule has 2 aromatic rings. The number of para-hydroxylation sites is 1. The molecule has 2 spiro atoms. The minimum atomic E-state index is -1.18. The molecule has 166 valence electrons. The maximum atomic E-state index is 14.5. The molecule has 1 heterocycles. The van der Waals surface area contributed by atoms with Crippen molar-refractivity contribution in [2.24, 2.45) is 16.4 Å². The third-order valence-electron chi connectivity index (χ3n) is 8.23. The molecule has 7 heteroatoms. The van der Waals surface area contributed by atoms with Gasteiger partial charge in [-0.3, -0.25) is 0 Å². The molecular formula is C25H27FN3O3+. The van der Waals surface area contributed by atoms with Crippen molar-refractivity contribution < 1.29 is 19.0 Å². The molecule has 0 aromatic heterocycles. The van der Waals surface area contributed by atoms with Crippen LogP contribution < -0.4 is 9.65 Å². The minimum absolute atomic E-state index is 0.0246. The highest BCUT2D eigenvalue weighted by Gasteiger charge is 2.84. The average molecular weight is 437 g/mol. The molecule has 2 N–H and O–H groups in total. The Balaban J connectivity index is 1.53. The highest BCUT2D eigenvalue weighted by molar-refractivity contribution is 5.64. The molecule has 3 fully saturated rings. The van der Waals surface area contributed by atoms with Crippen LogP contribution in [0.15, 0.2) is 47.6 Å². The molecule has 3 saturated carbocycles. The molecule has 1 aliphatic heterocycles. The normalized spacial score (nSPS) is 32.9. The zero-order chi connectivity index (χ0) is 22.4. The zero-order valence-corrected chi connectivity index (χ0v) is 18.3. The van der Waals surface area contributed by atoms with E-state index in [1.165, 1.54) is 6.07 Å². The predicted molar refractivity (Wildman–Crippen MR) is 114 cm³/mol. The average Bonchev–Trinajstić information content (AvgIpc) is 3.63. The summed E-state index contributed by atoms with van der Waals surface area (Å²) >= 11 is 0. The van der Waals surface area contributed by atoms with Gasteiger partial charge in [0.1, 0.15) is 34.0 Å². The van der Waals surface area contributed by atoms with E-state index >= 15 is 0 Å². The summed E-state index contributed by atoms with van der Waals surface area (Å²) in [7, 11) is 0. The highest BCUT2D eigenvalue weighted by Crippen LogP contribution is 2.83. The van der Waals surface area contributed by atoms with Gasteiger partial charge < -0.3 is 14.6 Å². The van der Waals surface area contributed by atoms with Crippen LogP contribution in [0.25, 0.3) is 0 Å². The third-order valence-corrected chi connectivity index (χ3v) is 8.23. The molecule has 3 aliphatic carbocycles. The summed E-state index contributed by atoms with van der Waals surface area (Å²) in [6.45, 7) is 3.81. The van der Waals surface area contributed by atoms with Crippen LogP contribution in [-0.4, -0.2) is 23.5 Å². The lowest BCUT2D eigenvalue weighted by Crippen LogP contribution is -2.35. The van der Waals surface area contributed by atoms with Gasteiger partial charge in [-0.25, -0.2) is 4.39 Å². The fraction of sp³-hybridized carbons (Fsp3) is 0.520. The monoisotopic (exact) mass is 436 g/mol. The quantitative estimate of drug-likeness (QED) is 0.394. The van der Waals surface area contributed by atoms with Crippen LogP contribution >= 0.6 is 0 Å². The first-order chi connectivity index (χ1) is 15.3. The smallest absolute Gasteiger partial charge is 0.214 e.